The summed E-state index contributed by atoms with van der Waals surface area (Å²) in [7, 11) is 1.53. The van der Waals surface area contributed by atoms with E-state index in [0.29, 0.717) is 24.4 Å². The quantitative estimate of drug-likeness (QED) is 0.696. The lowest BCUT2D eigenvalue weighted by Gasteiger charge is -2.28. The van der Waals surface area contributed by atoms with Crippen LogP contribution in [0.25, 0.3) is 0 Å². The average molecular weight is 265 g/mol. The second-order valence-electron chi connectivity index (χ2n) is 5.08. The lowest BCUT2D eigenvalue weighted by atomic mass is 9.85. The minimum atomic E-state index is -1.42. The first kappa shape index (κ1) is 15.7. The van der Waals surface area contributed by atoms with E-state index < -0.39 is 5.67 Å². The number of alkyl halides is 1. The Labute approximate surface area is 115 Å². The average Bonchev–Trinajstić information content (AvgIpc) is 2.44. The van der Waals surface area contributed by atoms with Crippen LogP contribution in [0.1, 0.15) is 34.1 Å². The molecule has 0 fully saturated rings. The maximum Gasteiger partial charge on any atom is 0.214 e. The summed E-state index contributed by atoms with van der Waals surface area (Å²) in [6.07, 6.45) is 4.33. The second kappa shape index (κ2) is 6.18. The monoisotopic (exact) mass is 265 g/mol. The summed E-state index contributed by atoms with van der Waals surface area (Å²) >= 11 is 0. The highest BCUT2D eigenvalue weighted by Crippen LogP contribution is 2.33. The zero-order valence-corrected chi connectivity index (χ0v) is 12.6. The van der Waals surface area contributed by atoms with Crippen molar-refractivity contribution in [2.75, 3.05) is 13.7 Å². The molecule has 2 nitrogen and oxygen atoms in total. The smallest absolute Gasteiger partial charge is 0.214 e. The predicted octanol–water partition coefficient (Wildman–Crippen LogP) is 4.25. The van der Waals surface area contributed by atoms with Gasteiger partial charge in [-0.15, -0.1) is 0 Å². The Bertz CT molecular complexity index is 444. The molecular weight excluding hydrogens is 241 g/mol. The topological polar surface area (TPSA) is 21.6 Å². The van der Waals surface area contributed by atoms with Crippen LogP contribution in [0.3, 0.4) is 0 Å². The van der Waals surface area contributed by atoms with Gasteiger partial charge in [-0.1, -0.05) is 31.2 Å². The lowest BCUT2D eigenvalue weighted by Crippen LogP contribution is -2.31. The standard InChI is InChI=1S/C16H24FNO/c1-7-11(3)12(4)13-9-14(16(5,17)8-2)15(19-6)18-10-13/h7,9,13H,4,8,10H2,1-3,5-6H3/b11-7-. The fourth-order valence-electron chi connectivity index (χ4n) is 2.04. The Morgan fingerprint density at radius 3 is 2.79 bits per heavy atom. The summed E-state index contributed by atoms with van der Waals surface area (Å²) in [5, 5.41) is 0. The van der Waals surface area contributed by atoms with Crippen LogP contribution in [0.5, 0.6) is 0 Å². The molecule has 106 valence electrons. The normalized spacial score (nSPS) is 23.3. The van der Waals surface area contributed by atoms with Gasteiger partial charge in [-0.3, -0.25) is 4.99 Å². The van der Waals surface area contributed by atoms with Gasteiger partial charge in [-0.05, 0) is 32.8 Å². The molecule has 0 saturated carbocycles. The number of dihydropyridines is 1. The first-order valence-electron chi connectivity index (χ1n) is 6.69. The molecule has 0 aromatic heterocycles. The molecule has 0 radical (unpaired) electrons. The molecule has 0 bridgehead atoms. The van der Waals surface area contributed by atoms with Gasteiger partial charge in [-0.2, -0.15) is 0 Å². The third-order valence-electron chi connectivity index (χ3n) is 3.84. The lowest BCUT2D eigenvalue weighted by molar-refractivity contribution is 0.230. The van der Waals surface area contributed by atoms with Crippen LogP contribution in [0, 0.1) is 5.92 Å². The zero-order chi connectivity index (χ0) is 14.6. The van der Waals surface area contributed by atoms with E-state index in [1.54, 1.807) is 6.92 Å². The molecule has 3 heteroatoms. The number of allylic oxidation sites excluding steroid dienone is 2. The van der Waals surface area contributed by atoms with E-state index >= 15 is 0 Å². The number of hydrogen-bond donors (Lipinski definition) is 0. The van der Waals surface area contributed by atoms with Crippen LogP contribution in [-0.2, 0) is 4.74 Å². The van der Waals surface area contributed by atoms with Crippen LogP contribution < -0.4 is 0 Å². The van der Waals surface area contributed by atoms with Crippen molar-refractivity contribution in [2.24, 2.45) is 10.9 Å². The Balaban J connectivity index is 3.11. The number of methoxy groups -OCH3 is 1. The van der Waals surface area contributed by atoms with Gasteiger partial charge < -0.3 is 4.74 Å². The van der Waals surface area contributed by atoms with Gasteiger partial charge in [0.05, 0.1) is 13.7 Å². The Morgan fingerprint density at radius 2 is 2.32 bits per heavy atom. The van der Waals surface area contributed by atoms with E-state index in [9.17, 15) is 4.39 Å². The molecule has 0 spiro atoms. The molecule has 1 rings (SSSR count). The Kier molecular flexibility index (Phi) is 5.10. The van der Waals surface area contributed by atoms with E-state index in [-0.39, 0.29) is 5.92 Å². The Hall–Kier alpha value is -1.38. The number of aliphatic imine (C=N–C) groups is 1. The van der Waals surface area contributed by atoms with Gasteiger partial charge in [0.25, 0.3) is 0 Å². The summed E-state index contributed by atoms with van der Waals surface area (Å²) in [6.45, 7) is 12.0. The number of nitrogens with zero attached hydrogens (tertiary/aromatic N) is 1. The highest BCUT2D eigenvalue weighted by Gasteiger charge is 2.34. The summed E-state index contributed by atoms with van der Waals surface area (Å²) in [4.78, 5) is 4.36. The maximum atomic E-state index is 14.6. The molecule has 0 aromatic rings. The third kappa shape index (κ3) is 3.34. The van der Waals surface area contributed by atoms with Crippen LogP contribution in [-0.4, -0.2) is 25.2 Å². The maximum absolute atomic E-state index is 14.6. The fraction of sp³-hybridized carbons (Fsp3) is 0.562. The van der Waals surface area contributed by atoms with Crippen LogP contribution >= 0.6 is 0 Å². The van der Waals surface area contributed by atoms with Crippen LogP contribution in [0.15, 0.2) is 40.4 Å². The summed E-state index contributed by atoms with van der Waals surface area (Å²) < 4.78 is 19.8. The molecule has 0 aliphatic carbocycles. The molecule has 1 aliphatic rings. The minimum absolute atomic E-state index is 0.0479. The van der Waals surface area contributed by atoms with E-state index in [4.69, 9.17) is 4.74 Å². The molecule has 0 aromatic carbocycles. The first-order valence-corrected chi connectivity index (χ1v) is 6.69. The van der Waals surface area contributed by atoms with Crippen molar-refractivity contribution in [3.8, 4) is 0 Å². The molecular formula is C16H24FNO. The molecule has 1 heterocycles. The zero-order valence-electron chi connectivity index (χ0n) is 12.6. The predicted molar refractivity (Wildman–Crippen MR) is 79.3 cm³/mol. The molecule has 0 saturated heterocycles. The van der Waals surface area contributed by atoms with Crippen molar-refractivity contribution in [1.82, 2.24) is 0 Å². The highest BCUT2D eigenvalue weighted by molar-refractivity contribution is 5.96. The molecule has 2 unspecified atom stereocenters. The van der Waals surface area contributed by atoms with E-state index in [0.717, 1.165) is 11.1 Å². The van der Waals surface area contributed by atoms with Gasteiger partial charge in [0.2, 0.25) is 5.90 Å². The van der Waals surface area contributed by atoms with Crippen LogP contribution in [0.2, 0.25) is 0 Å². The second-order valence-corrected chi connectivity index (χ2v) is 5.08. The molecule has 0 amide bonds. The SMILES string of the molecule is C=C(/C(C)=C\C)C1C=C(C(C)(F)CC)C(OC)=NC1. The van der Waals surface area contributed by atoms with E-state index in [2.05, 4.69) is 11.6 Å². The van der Waals surface area contributed by atoms with E-state index in [1.165, 1.54) is 7.11 Å². The van der Waals surface area contributed by atoms with Gasteiger partial charge in [0.15, 0.2) is 0 Å². The van der Waals surface area contributed by atoms with Crippen LogP contribution in [0.4, 0.5) is 4.39 Å². The molecule has 0 N–H and O–H groups in total. The van der Waals surface area contributed by atoms with Crippen molar-refractivity contribution >= 4 is 5.90 Å². The van der Waals surface area contributed by atoms with Crippen molar-refractivity contribution in [3.05, 3.63) is 35.5 Å². The fourth-order valence-corrected chi connectivity index (χ4v) is 2.04. The number of halogens is 1. The number of rotatable bonds is 4. The van der Waals surface area contributed by atoms with Gasteiger partial charge in [0, 0.05) is 11.5 Å². The minimum Gasteiger partial charge on any atom is -0.481 e. The first-order chi connectivity index (χ1) is 8.87. The van der Waals surface area contributed by atoms with Crippen molar-refractivity contribution in [2.45, 2.75) is 39.8 Å². The number of ether oxygens (including phenoxy) is 1. The largest absolute Gasteiger partial charge is 0.481 e. The molecule has 19 heavy (non-hydrogen) atoms. The molecule has 2 atom stereocenters. The van der Waals surface area contributed by atoms with Gasteiger partial charge in [-0.25, -0.2) is 4.39 Å². The van der Waals surface area contributed by atoms with Crippen molar-refractivity contribution < 1.29 is 9.13 Å². The number of hydrogen-bond acceptors (Lipinski definition) is 2. The van der Waals surface area contributed by atoms with E-state index in [1.807, 2.05) is 32.9 Å². The molecule has 1 aliphatic heterocycles. The summed E-state index contributed by atoms with van der Waals surface area (Å²) in [5.41, 5.74) is 1.23. The van der Waals surface area contributed by atoms with Gasteiger partial charge in [0.1, 0.15) is 5.67 Å². The third-order valence-corrected chi connectivity index (χ3v) is 3.84. The van der Waals surface area contributed by atoms with Gasteiger partial charge >= 0.3 is 0 Å². The van der Waals surface area contributed by atoms with Crippen molar-refractivity contribution in [3.63, 3.8) is 0 Å². The Morgan fingerprint density at radius 1 is 1.68 bits per heavy atom. The van der Waals surface area contributed by atoms with Crippen molar-refractivity contribution in [1.29, 1.82) is 0 Å². The summed E-state index contributed by atoms with van der Waals surface area (Å²) in [5.74, 6) is 0.459. The summed E-state index contributed by atoms with van der Waals surface area (Å²) in [6, 6.07) is 0. The highest BCUT2D eigenvalue weighted by atomic mass is 19.1.